The molecule has 1 amide bonds. The molecular weight excluding hydrogens is 354 g/mol. The zero-order valence-corrected chi connectivity index (χ0v) is 16.0. The number of amides is 1. The Morgan fingerprint density at radius 2 is 1.64 bits per heavy atom. The monoisotopic (exact) mass is 377 g/mol. The number of para-hydroxylation sites is 1. The quantitative estimate of drug-likeness (QED) is 0.577. The van der Waals surface area contributed by atoms with Crippen molar-refractivity contribution in [3.8, 4) is 17.5 Å². The Bertz CT molecular complexity index is 909. The van der Waals surface area contributed by atoms with E-state index < -0.39 is 0 Å². The Labute approximate surface area is 164 Å². The van der Waals surface area contributed by atoms with Crippen LogP contribution in [0.15, 0.2) is 60.7 Å². The van der Waals surface area contributed by atoms with E-state index in [1.807, 2.05) is 62.4 Å². The highest BCUT2D eigenvalue weighted by Gasteiger charge is 2.06. The van der Waals surface area contributed by atoms with Crippen LogP contribution >= 0.6 is 0 Å². The van der Waals surface area contributed by atoms with Crippen LogP contribution in [0.1, 0.15) is 24.2 Å². The third-order valence-corrected chi connectivity index (χ3v) is 3.85. The molecule has 0 radical (unpaired) electrons. The lowest BCUT2D eigenvalue weighted by atomic mass is 10.2. The fraction of sp³-hybridized carbons (Fsp3) is 0.227. The summed E-state index contributed by atoms with van der Waals surface area (Å²) < 4.78 is 11.3. The van der Waals surface area contributed by atoms with E-state index in [2.05, 4.69) is 15.3 Å². The van der Waals surface area contributed by atoms with Gasteiger partial charge in [0.25, 0.3) is 0 Å². The zero-order chi connectivity index (χ0) is 19.8. The molecule has 144 valence electrons. The van der Waals surface area contributed by atoms with Gasteiger partial charge in [-0.05, 0) is 50.6 Å². The minimum Gasteiger partial charge on any atom is -0.494 e. The number of ether oxygens (including phenoxy) is 2. The normalized spacial score (nSPS) is 10.4. The second-order valence-corrected chi connectivity index (χ2v) is 6.38. The number of nitrogens with one attached hydrogen (secondary N) is 1. The predicted octanol–water partition coefficient (Wildman–Crippen LogP) is 4.68. The van der Waals surface area contributed by atoms with Crippen molar-refractivity contribution in [3.05, 3.63) is 72.1 Å². The van der Waals surface area contributed by atoms with Gasteiger partial charge in [0.05, 0.1) is 6.61 Å². The maximum atomic E-state index is 12.2. The summed E-state index contributed by atoms with van der Waals surface area (Å²) in [6.07, 6.45) is 1.01. The first-order valence-electron chi connectivity index (χ1n) is 9.16. The molecule has 0 saturated carbocycles. The first-order chi connectivity index (χ1) is 13.6. The van der Waals surface area contributed by atoms with E-state index in [1.165, 1.54) is 0 Å². The maximum Gasteiger partial charge on any atom is 0.322 e. The molecule has 1 N–H and O–H groups in total. The van der Waals surface area contributed by atoms with Crippen molar-refractivity contribution >= 4 is 11.6 Å². The van der Waals surface area contributed by atoms with E-state index in [4.69, 9.17) is 9.47 Å². The number of benzene rings is 2. The number of carbonyl (C=O) groups excluding carboxylic acids is 1. The molecule has 6 heteroatoms. The minimum absolute atomic E-state index is 0.0727. The van der Waals surface area contributed by atoms with Gasteiger partial charge in [-0.15, -0.1) is 0 Å². The van der Waals surface area contributed by atoms with E-state index in [0.717, 1.165) is 17.1 Å². The maximum absolute atomic E-state index is 12.2. The molecule has 1 heterocycles. The number of aryl methyl sites for hydroxylation is 2. The van der Waals surface area contributed by atoms with Crippen LogP contribution < -0.4 is 14.8 Å². The van der Waals surface area contributed by atoms with Crippen LogP contribution in [-0.2, 0) is 4.79 Å². The van der Waals surface area contributed by atoms with E-state index in [1.54, 1.807) is 12.1 Å². The lowest BCUT2D eigenvalue weighted by molar-refractivity contribution is -0.116. The number of carbonyl (C=O) groups is 1. The van der Waals surface area contributed by atoms with Gasteiger partial charge in [-0.2, -0.15) is 0 Å². The molecule has 0 bridgehead atoms. The minimum atomic E-state index is -0.0727. The third-order valence-electron chi connectivity index (χ3n) is 3.85. The Morgan fingerprint density at radius 3 is 2.39 bits per heavy atom. The number of hydrogen-bond acceptors (Lipinski definition) is 5. The first kappa shape index (κ1) is 19.4. The summed E-state index contributed by atoms with van der Waals surface area (Å²) in [7, 11) is 0. The Hall–Kier alpha value is -3.41. The summed E-state index contributed by atoms with van der Waals surface area (Å²) in [4.78, 5) is 20.7. The molecule has 2 aromatic carbocycles. The first-order valence-corrected chi connectivity index (χ1v) is 9.16. The van der Waals surface area contributed by atoms with Crippen molar-refractivity contribution in [2.75, 3.05) is 11.9 Å². The van der Waals surface area contributed by atoms with Crippen LogP contribution in [0.5, 0.6) is 17.5 Å². The van der Waals surface area contributed by atoms with Gasteiger partial charge in [0, 0.05) is 29.6 Å². The van der Waals surface area contributed by atoms with Gasteiger partial charge < -0.3 is 14.8 Å². The van der Waals surface area contributed by atoms with Crippen molar-refractivity contribution in [2.24, 2.45) is 0 Å². The molecule has 0 saturated heterocycles. The summed E-state index contributed by atoms with van der Waals surface area (Å²) in [6, 6.07) is 18.9. The van der Waals surface area contributed by atoms with Crippen molar-refractivity contribution in [1.29, 1.82) is 0 Å². The van der Waals surface area contributed by atoms with E-state index in [-0.39, 0.29) is 5.91 Å². The second-order valence-electron chi connectivity index (χ2n) is 6.38. The molecule has 0 unspecified atom stereocenters. The standard InChI is InChI=1S/C22H23N3O3/c1-16-14-17(2)24-22(23-16)28-20-11-6-8-18(15-20)25-21(26)12-7-13-27-19-9-4-3-5-10-19/h3-6,8-11,14-15H,7,12-13H2,1-2H3,(H,25,26). The molecule has 0 aliphatic heterocycles. The molecule has 1 aromatic heterocycles. The highest BCUT2D eigenvalue weighted by atomic mass is 16.5. The van der Waals surface area contributed by atoms with Gasteiger partial charge in [0.1, 0.15) is 11.5 Å². The molecule has 3 rings (SSSR count). The Balaban J connectivity index is 1.48. The predicted molar refractivity (Wildman–Crippen MR) is 108 cm³/mol. The molecule has 0 aliphatic carbocycles. The fourth-order valence-electron chi connectivity index (χ4n) is 2.64. The lowest BCUT2D eigenvalue weighted by Gasteiger charge is -2.09. The van der Waals surface area contributed by atoms with Crippen LogP contribution in [0, 0.1) is 13.8 Å². The molecule has 28 heavy (non-hydrogen) atoms. The summed E-state index contributed by atoms with van der Waals surface area (Å²) >= 11 is 0. The van der Waals surface area contributed by atoms with Gasteiger partial charge in [-0.3, -0.25) is 4.79 Å². The largest absolute Gasteiger partial charge is 0.494 e. The highest BCUT2D eigenvalue weighted by molar-refractivity contribution is 5.90. The van der Waals surface area contributed by atoms with Crippen molar-refractivity contribution < 1.29 is 14.3 Å². The van der Waals surface area contributed by atoms with Crippen molar-refractivity contribution in [2.45, 2.75) is 26.7 Å². The average molecular weight is 377 g/mol. The average Bonchev–Trinajstić information content (AvgIpc) is 2.65. The van der Waals surface area contributed by atoms with E-state index in [9.17, 15) is 4.79 Å². The third kappa shape index (κ3) is 6.09. The van der Waals surface area contributed by atoms with Gasteiger partial charge >= 0.3 is 6.01 Å². The fourth-order valence-corrected chi connectivity index (χ4v) is 2.64. The number of aromatic nitrogens is 2. The molecule has 0 fully saturated rings. The van der Waals surface area contributed by atoms with Crippen LogP contribution in [0.2, 0.25) is 0 Å². The molecule has 6 nitrogen and oxygen atoms in total. The Kier molecular flexibility index (Phi) is 6.57. The highest BCUT2D eigenvalue weighted by Crippen LogP contribution is 2.22. The van der Waals surface area contributed by atoms with Crippen LogP contribution in [0.3, 0.4) is 0 Å². The van der Waals surface area contributed by atoms with Gasteiger partial charge in [0.2, 0.25) is 5.91 Å². The van der Waals surface area contributed by atoms with Gasteiger partial charge in [0.15, 0.2) is 0 Å². The van der Waals surface area contributed by atoms with Crippen molar-refractivity contribution in [3.63, 3.8) is 0 Å². The summed E-state index contributed by atoms with van der Waals surface area (Å²) in [5.41, 5.74) is 2.34. The van der Waals surface area contributed by atoms with Gasteiger partial charge in [-0.1, -0.05) is 24.3 Å². The van der Waals surface area contributed by atoms with Crippen molar-refractivity contribution in [1.82, 2.24) is 9.97 Å². The lowest BCUT2D eigenvalue weighted by Crippen LogP contribution is -2.12. The number of nitrogens with zero attached hydrogens (tertiary/aromatic N) is 2. The van der Waals surface area contributed by atoms with Gasteiger partial charge in [-0.25, -0.2) is 9.97 Å². The van der Waals surface area contributed by atoms with Crippen LogP contribution in [0.4, 0.5) is 5.69 Å². The smallest absolute Gasteiger partial charge is 0.322 e. The number of rotatable bonds is 8. The topological polar surface area (TPSA) is 73.3 Å². The number of anilines is 1. The van der Waals surface area contributed by atoms with Crippen LogP contribution in [-0.4, -0.2) is 22.5 Å². The summed E-state index contributed by atoms with van der Waals surface area (Å²) in [5.74, 6) is 1.30. The SMILES string of the molecule is Cc1cc(C)nc(Oc2cccc(NC(=O)CCCOc3ccccc3)c2)n1. The Morgan fingerprint density at radius 1 is 0.929 bits per heavy atom. The molecule has 0 atom stereocenters. The van der Waals surface area contributed by atoms with E-state index in [0.29, 0.717) is 36.9 Å². The number of hydrogen-bond donors (Lipinski definition) is 1. The molecule has 0 aliphatic rings. The van der Waals surface area contributed by atoms with E-state index >= 15 is 0 Å². The molecular formula is C22H23N3O3. The second kappa shape index (κ2) is 9.50. The summed E-state index contributed by atoms with van der Waals surface area (Å²) in [6.45, 7) is 4.27. The van der Waals surface area contributed by atoms with Crippen LogP contribution in [0.25, 0.3) is 0 Å². The zero-order valence-electron chi connectivity index (χ0n) is 16.0. The summed E-state index contributed by atoms with van der Waals surface area (Å²) in [5, 5.41) is 2.87. The molecule has 3 aromatic rings. The molecule has 0 spiro atoms.